The Labute approximate surface area is 307 Å². The molecule has 16 heteroatoms. The number of carbonyl (C=O) groups excluding carboxylic acids is 1. The number of aromatic nitrogens is 3. The van der Waals surface area contributed by atoms with Gasteiger partial charge >= 0.3 is 7.82 Å². The summed E-state index contributed by atoms with van der Waals surface area (Å²) in [6.07, 6.45) is 5.36. The van der Waals surface area contributed by atoms with E-state index < -0.39 is 30.1 Å². The molecule has 4 N–H and O–H groups in total. The molecule has 1 aliphatic heterocycles. The van der Waals surface area contributed by atoms with Crippen molar-refractivity contribution < 1.29 is 37.5 Å². The molecule has 1 saturated heterocycles. The van der Waals surface area contributed by atoms with Crippen LogP contribution in [0.4, 0.5) is 21.0 Å². The van der Waals surface area contributed by atoms with Crippen molar-refractivity contribution in [1.82, 2.24) is 19.9 Å². The van der Waals surface area contributed by atoms with E-state index >= 15 is 0 Å². The van der Waals surface area contributed by atoms with Crippen LogP contribution in [-0.4, -0.2) is 74.0 Å². The number of ether oxygens (including phenoxy) is 2. The number of hydrogen-bond acceptors (Lipinski definition) is 11. The van der Waals surface area contributed by atoms with Gasteiger partial charge in [-0.25, -0.2) is 23.9 Å². The molecule has 1 aliphatic rings. The lowest BCUT2D eigenvalue weighted by Gasteiger charge is -2.57. The highest BCUT2D eigenvalue weighted by molar-refractivity contribution is 7.46. The first kappa shape index (κ1) is 39.5. The molecule has 1 amide bonds. The normalized spacial score (nSPS) is 15.9. The summed E-state index contributed by atoms with van der Waals surface area (Å²) in [5, 5.41) is 6.98. The number of halogens is 1. The lowest BCUT2D eigenvalue weighted by atomic mass is 9.58. The van der Waals surface area contributed by atoms with Gasteiger partial charge in [0.05, 0.1) is 31.3 Å². The number of rotatable bonds is 14. The fraction of sp³-hybridized carbons (Fsp3) is 0.500. The molecule has 3 heterocycles. The lowest BCUT2D eigenvalue weighted by molar-refractivity contribution is -0.168. The van der Waals surface area contributed by atoms with Crippen molar-refractivity contribution in [3.05, 3.63) is 59.6 Å². The second-order valence-corrected chi connectivity index (χ2v) is 17.2. The van der Waals surface area contributed by atoms with Gasteiger partial charge in [0, 0.05) is 35.1 Å². The quantitative estimate of drug-likeness (QED) is 0.0748. The van der Waals surface area contributed by atoms with Gasteiger partial charge in [-0.15, -0.1) is 11.3 Å². The Morgan fingerprint density at radius 3 is 2.48 bits per heavy atom. The highest BCUT2D eigenvalue weighted by Crippen LogP contribution is 2.59. The minimum atomic E-state index is -4.81. The topological polar surface area (TPSA) is 168 Å². The number of phosphoric ester groups is 1. The number of benzene rings is 2. The molecule has 282 valence electrons. The van der Waals surface area contributed by atoms with Crippen LogP contribution >= 0.6 is 19.2 Å². The van der Waals surface area contributed by atoms with Gasteiger partial charge in [0.1, 0.15) is 23.6 Å². The Hall–Kier alpha value is -3.72. The van der Waals surface area contributed by atoms with Gasteiger partial charge < -0.3 is 29.9 Å². The Morgan fingerprint density at radius 1 is 1.08 bits per heavy atom. The third-order valence-electron chi connectivity index (χ3n) is 9.35. The molecule has 0 aliphatic carbocycles. The van der Waals surface area contributed by atoms with Crippen molar-refractivity contribution in [3.8, 4) is 11.5 Å². The highest BCUT2D eigenvalue weighted by Gasteiger charge is 2.61. The first-order valence-electron chi connectivity index (χ1n) is 17.1. The average Bonchev–Trinajstić information content (AvgIpc) is 3.70. The summed E-state index contributed by atoms with van der Waals surface area (Å²) >= 11 is 1.28. The second kappa shape index (κ2) is 15.7. The molecule has 0 unspecified atom stereocenters. The predicted molar refractivity (Wildman–Crippen MR) is 200 cm³/mol. The molecule has 52 heavy (non-hydrogen) atoms. The molecule has 0 spiro atoms. The SMILES string of the molecule is COc1cc2c(Nc3ncc(CC(=O)Nc4ccccc4F)s3)ncnc2cc1OCCCN1CCC[C@H]1C(OP(=O)(O)O)(C(C)(C)C)C(C)(C)C. The van der Waals surface area contributed by atoms with Crippen LogP contribution in [0.2, 0.25) is 0 Å². The number of hydrogen-bond donors (Lipinski definition) is 4. The van der Waals surface area contributed by atoms with Crippen LogP contribution in [0.1, 0.15) is 65.7 Å². The first-order chi connectivity index (χ1) is 24.4. The molecule has 1 fully saturated rings. The van der Waals surface area contributed by atoms with Crippen LogP contribution < -0.4 is 20.1 Å². The Bertz CT molecular complexity index is 1910. The Morgan fingerprint density at radius 2 is 1.81 bits per heavy atom. The average molecular weight is 759 g/mol. The summed E-state index contributed by atoms with van der Waals surface area (Å²) in [6, 6.07) is 9.37. The van der Waals surface area contributed by atoms with Crippen molar-refractivity contribution in [3.63, 3.8) is 0 Å². The zero-order valence-corrected chi connectivity index (χ0v) is 32.3. The van der Waals surface area contributed by atoms with E-state index in [1.54, 1.807) is 37.6 Å². The summed E-state index contributed by atoms with van der Waals surface area (Å²) < 4.78 is 44.0. The molecule has 0 bridgehead atoms. The summed E-state index contributed by atoms with van der Waals surface area (Å²) in [6.45, 7) is 13.7. The molecule has 2 aromatic heterocycles. The molecule has 5 rings (SSSR count). The maximum absolute atomic E-state index is 13.9. The number of phosphoric acid groups is 1. The number of para-hydroxylation sites is 1. The van der Waals surface area contributed by atoms with E-state index in [0.29, 0.717) is 57.8 Å². The summed E-state index contributed by atoms with van der Waals surface area (Å²) in [7, 11) is -3.25. The van der Waals surface area contributed by atoms with Gasteiger partial charge in [-0.2, -0.15) is 0 Å². The lowest BCUT2D eigenvalue weighted by Crippen LogP contribution is -2.65. The fourth-order valence-corrected chi connectivity index (χ4v) is 9.41. The van der Waals surface area contributed by atoms with Crippen molar-refractivity contribution in [1.29, 1.82) is 0 Å². The highest BCUT2D eigenvalue weighted by atomic mass is 32.1. The molecule has 0 saturated carbocycles. The Kier molecular flexibility index (Phi) is 11.9. The van der Waals surface area contributed by atoms with Gasteiger partial charge in [-0.1, -0.05) is 53.7 Å². The monoisotopic (exact) mass is 758 g/mol. The number of nitrogens with zero attached hydrogens (tertiary/aromatic N) is 4. The van der Waals surface area contributed by atoms with E-state index in [1.165, 1.54) is 29.8 Å². The van der Waals surface area contributed by atoms with E-state index in [1.807, 2.05) is 41.5 Å². The number of amides is 1. The van der Waals surface area contributed by atoms with Gasteiger partial charge in [0.15, 0.2) is 16.6 Å². The van der Waals surface area contributed by atoms with Crippen molar-refractivity contribution in [2.75, 3.05) is 37.4 Å². The molecule has 4 aromatic rings. The van der Waals surface area contributed by atoms with E-state index in [-0.39, 0.29) is 24.1 Å². The largest absolute Gasteiger partial charge is 0.493 e. The smallest absolute Gasteiger partial charge is 0.470 e. The molecular weight excluding hydrogens is 710 g/mol. The van der Waals surface area contributed by atoms with Crippen LogP contribution in [0.3, 0.4) is 0 Å². The molecule has 0 radical (unpaired) electrons. The number of anilines is 3. The van der Waals surface area contributed by atoms with E-state index in [4.69, 9.17) is 14.0 Å². The maximum Gasteiger partial charge on any atom is 0.470 e. The van der Waals surface area contributed by atoms with Crippen molar-refractivity contribution in [2.45, 2.75) is 78.9 Å². The number of nitrogens with one attached hydrogen (secondary N) is 2. The standard InChI is InChI=1S/C36H48FN6O7PS/c1-34(2,3)36(35(4,5)6,50-51(45,46)47)30-14-10-15-43(30)16-11-17-49-29-20-27-24(19-28(29)48-7)32(40-22-39-27)42-33-38-21-23(52-33)18-31(44)41-26-13-9-8-12-25(26)37/h8-9,12-13,19-22,30H,10-11,14-18H2,1-7H3,(H,41,44)(H2,45,46,47)(H,38,39,40,42)/t30-/m0/s1. The van der Waals surface area contributed by atoms with Gasteiger partial charge in [0.2, 0.25) is 5.91 Å². The third-order valence-corrected chi connectivity index (χ3v) is 10.8. The van der Waals surface area contributed by atoms with Crippen LogP contribution in [0.15, 0.2) is 48.9 Å². The molecule has 13 nitrogen and oxygen atoms in total. The third kappa shape index (κ3) is 8.90. The molecule has 1 atom stereocenters. The number of carbonyl (C=O) groups is 1. The molecule has 2 aromatic carbocycles. The Balaban J connectivity index is 1.25. The van der Waals surface area contributed by atoms with Crippen molar-refractivity contribution >= 4 is 52.6 Å². The van der Waals surface area contributed by atoms with Gasteiger partial charge in [0.25, 0.3) is 0 Å². The number of thiazole rings is 1. The number of methoxy groups -OCH3 is 1. The number of fused-ring (bicyclic) bond motifs is 1. The van der Waals surface area contributed by atoms with E-state index in [9.17, 15) is 23.5 Å². The van der Waals surface area contributed by atoms with Crippen LogP contribution in [0.25, 0.3) is 10.9 Å². The summed E-state index contributed by atoms with van der Waals surface area (Å²) in [4.78, 5) is 48.8. The minimum absolute atomic E-state index is 0.0281. The van der Waals surface area contributed by atoms with Gasteiger partial charge in [-0.05, 0) is 54.8 Å². The van der Waals surface area contributed by atoms with Crippen LogP contribution in [-0.2, 0) is 20.3 Å². The summed E-state index contributed by atoms with van der Waals surface area (Å²) in [5.74, 6) is 0.629. The zero-order valence-electron chi connectivity index (χ0n) is 30.6. The first-order valence-corrected chi connectivity index (χ1v) is 19.5. The number of likely N-dealkylation sites (tertiary alicyclic amines) is 1. The molecular formula is C36H48FN6O7PS. The van der Waals surface area contributed by atoms with E-state index in [0.717, 1.165) is 19.4 Å². The summed E-state index contributed by atoms with van der Waals surface area (Å²) in [5.41, 5.74) is -1.54. The zero-order chi connectivity index (χ0) is 37.9. The maximum atomic E-state index is 13.9. The van der Waals surface area contributed by atoms with Crippen LogP contribution in [0.5, 0.6) is 11.5 Å². The predicted octanol–water partition coefficient (Wildman–Crippen LogP) is 7.33. The van der Waals surface area contributed by atoms with Gasteiger partial charge in [-0.3, -0.25) is 14.2 Å². The van der Waals surface area contributed by atoms with Crippen molar-refractivity contribution in [2.24, 2.45) is 10.8 Å². The van der Waals surface area contributed by atoms with E-state index in [2.05, 4.69) is 30.5 Å². The van der Waals surface area contributed by atoms with Crippen LogP contribution in [0, 0.1) is 16.6 Å². The fourth-order valence-electron chi connectivity index (χ4n) is 7.55. The minimum Gasteiger partial charge on any atom is -0.493 e. The second-order valence-electron chi connectivity index (χ2n) is 14.9.